The molecule has 5 heteroatoms. The monoisotopic (exact) mass is 260 g/mol. The van der Waals surface area contributed by atoms with Gasteiger partial charge in [0, 0.05) is 0 Å². The van der Waals surface area contributed by atoms with Crippen LogP contribution in [0.3, 0.4) is 0 Å². The fourth-order valence-corrected chi connectivity index (χ4v) is 2.35. The van der Waals surface area contributed by atoms with Crippen molar-refractivity contribution in [2.24, 2.45) is 0 Å². The number of hydrogen-bond donors (Lipinski definition) is 1. The van der Waals surface area contributed by atoms with Crippen LogP contribution < -0.4 is 5.56 Å². The Bertz CT molecular complexity index is 704. The van der Waals surface area contributed by atoms with Crippen LogP contribution in [0.2, 0.25) is 0 Å². The van der Waals surface area contributed by atoms with Gasteiger partial charge in [0.25, 0.3) is 5.56 Å². The van der Waals surface area contributed by atoms with Gasteiger partial charge in [-0.2, -0.15) is 0 Å². The summed E-state index contributed by atoms with van der Waals surface area (Å²) >= 11 is 0. The number of carboxylic acids is 1. The number of hydrogen-bond acceptors (Lipinski definition) is 3. The molecule has 1 atom stereocenters. The predicted octanol–water partition coefficient (Wildman–Crippen LogP) is 2.05. The molecule has 2 rings (SSSR count). The van der Waals surface area contributed by atoms with E-state index in [4.69, 9.17) is 0 Å². The third-order valence-corrected chi connectivity index (χ3v) is 3.30. The van der Waals surface area contributed by atoms with Gasteiger partial charge in [-0.25, -0.2) is 9.78 Å². The van der Waals surface area contributed by atoms with Crippen LogP contribution in [0.25, 0.3) is 10.9 Å². The first kappa shape index (κ1) is 13.3. The normalized spacial score (nSPS) is 12.6. The molecule has 0 aliphatic rings. The summed E-state index contributed by atoms with van der Waals surface area (Å²) in [5.41, 5.74) is 1.14. The van der Waals surface area contributed by atoms with Gasteiger partial charge in [0.15, 0.2) is 0 Å². The first-order valence-corrected chi connectivity index (χ1v) is 6.18. The maximum atomic E-state index is 12.5. The minimum atomic E-state index is -1.01. The maximum absolute atomic E-state index is 12.5. The van der Waals surface area contributed by atoms with Crippen LogP contribution in [0.15, 0.2) is 23.0 Å². The van der Waals surface area contributed by atoms with Gasteiger partial charge in [0.2, 0.25) is 0 Å². The zero-order chi connectivity index (χ0) is 14.2. The highest BCUT2D eigenvalue weighted by Gasteiger charge is 2.22. The van der Waals surface area contributed by atoms with Gasteiger partial charge < -0.3 is 5.11 Å². The number of fused-ring (bicyclic) bond motifs is 1. The van der Waals surface area contributed by atoms with E-state index in [-0.39, 0.29) is 5.56 Å². The van der Waals surface area contributed by atoms with Crippen molar-refractivity contribution in [3.63, 3.8) is 0 Å². The first-order chi connectivity index (χ1) is 8.97. The lowest BCUT2D eigenvalue weighted by Crippen LogP contribution is -2.32. The highest BCUT2D eigenvalue weighted by molar-refractivity contribution is 5.81. The van der Waals surface area contributed by atoms with Crippen LogP contribution in [0, 0.1) is 13.8 Å². The van der Waals surface area contributed by atoms with Crippen molar-refractivity contribution in [1.82, 2.24) is 9.55 Å². The Morgan fingerprint density at radius 1 is 1.42 bits per heavy atom. The molecule has 0 saturated heterocycles. The lowest BCUT2D eigenvalue weighted by atomic mass is 10.1. The van der Waals surface area contributed by atoms with Gasteiger partial charge >= 0.3 is 5.97 Å². The number of benzene rings is 1. The van der Waals surface area contributed by atoms with Crippen molar-refractivity contribution >= 4 is 16.9 Å². The Kier molecular flexibility index (Phi) is 3.38. The third-order valence-electron chi connectivity index (χ3n) is 3.30. The molecule has 1 aromatic carbocycles. The summed E-state index contributed by atoms with van der Waals surface area (Å²) in [6.07, 6.45) is 0.342. The van der Waals surface area contributed by atoms with E-state index in [0.29, 0.717) is 23.1 Å². The summed E-state index contributed by atoms with van der Waals surface area (Å²) in [6.45, 7) is 5.23. The number of nitrogens with zero attached hydrogens (tertiary/aromatic N) is 2. The van der Waals surface area contributed by atoms with Crippen molar-refractivity contribution in [1.29, 1.82) is 0 Å². The van der Waals surface area contributed by atoms with Crippen molar-refractivity contribution in [3.8, 4) is 0 Å². The maximum Gasteiger partial charge on any atom is 0.326 e. The molecule has 0 aliphatic heterocycles. The second-order valence-corrected chi connectivity index (χ2v) is 4.57. The zero-order valence-corrected chi connectivity index (χ0v) is 11.2. The molecule has 0 fully saturated rings. The fourth-order valence-electron chi connectivity index (χ4n) is 2.35. The largest absolute Gasteiger partial charge is 0.480 e. The molecule has 0 saturated carbocycles. The second-order valence-electron chi connectivity index (χ2n) is 4.57. The molecule has 2 aromatic rings. The highest BCUT2D eigenvalue weighted by atomic mass is 16.4. The molecule has 1 heterocycles. The van der Waals surface area contributed by atoms with E-state index in [9.17, 15) is 14.7 Å². The summed E-state index contributed by atoms with van der Waals surface area (Å²) in [5, 5.41) is 9.72. The lowest BCUT2D eigenvalue weighted by Gasteiger charge is -2.17. The van der Waals surface area contributed by atoms with E-state index in [0.717, 1.165) is 5.56 Å². The van der Waals surface area contributed by atoms with Crippen molar-refractivity contribution in [2.75, 3.05) is 0 Å². The van der Waals surface area contributed by atoms with E-state index in [1.807, 2.05) is 19.1 Å². The SMILES string of the molecule is CCC(C(=O)O)n1c(C)nc2cccc(C)c2c1=O. The van der Waals surface area contributed by atoms with Crippen LogP contribution >= 0.6 is 0 Å². The van der Waals surface area contributed by atoms with Crippen LogP contribution in [0.1, 0.15) is 30.8 Å². The standard InChI is InChI=1S/C14H16N2O3/c1-4-11(14(18)19)16-9(3)15-10-7-5-6-8(2)12(10)13(16)17/h5-7,11H,4H2,1-3H3,(H,18,19). The quantitative estimate of drug-likeness (QED) is 0.916. The first-order valence-electron chi connectivity index (χ1n) is 6.18. The second kappa shape index (κ2) is 4.84. The Labute approximate surface area is 110 Å². The molecule has 5 nitrogen and oxygen atoms in total. The molecular formula is C14H16N2O3. The topological polar surface area (TPSA) is 72.2 Å². The van der Waals surface area contributed by atoms with E-state index in [1.54, 1.807) is 19.9 Å². The summed E-state index contributed by atoms with van der Waals surface area (Å²) in [5.74, 6) is -0.584. The van der Waals surface area contributed by atoms with Crippen LogP contribution in [-0.2, 0) is 4.79 Å². The van der Waals surface area contributed by atoms with E-state index in [2.05, 4.69) is 4.98 Å². The van der Waals surface area contributed by atoms with Crippen LogP contribution in [-0.4, -0.2) is 20.6 Å². The molecule has 0 bridgehead atoms. The molecule has 0 radical (unpaired) electrons. The molecule has 0 amide bonds. The Morgan fingerprint density at radius 2 is 2.11 bits per heavy atom. The third kappa shape index (κ3) is 2.12. The van der Waals surface area contributed by atoms with E-state index >= 15 is 0 Å². The van der Waals surface area contributed by atoms with Gasteiger partial charge in [-0.3, -0.25) is 9.36 Å². The van der Waals surface area contributed by atoms with Gasteiger partial charge in [-0.05, 0) is 31.9 Å². The van der Waals surface area contributed by atoms with Crippen molar-refractivity contribution in [3.05, 3.63) is 39.9 Å². The summed E-state index contributed by atoms with van der Waals surface area (Å²) in [4.78, 5) is 28.2. The van der Waals surface area contributed by atoms with Gasteiger partial charge in [-0.15, -0.1) is 0 Å². The summed E-state index contributed by atoms with van der Waals surface area (Å²) < 4.78 is 1.28. The number of rotatable bonds is 3. The van der Waals surface area contributed by atoms with E-state index in [1.165, 1.54) is 4.57 Å². The number of carbonyl (C=O) groups is 1. The molecule has 0 aliphatic carbocycles. The number of carboxylic acid groups (broad SMARTS) is 1. The zero-order valence-electron chi connectivity index (χ0n) is 11.2. The fraction of sp³-hybridized carbons (Fsp3) is 0.357. The molecule has 1 unspecified atom stereocenters. The predicted molar refractivity (Wildman–Crippen MR) is 72.4 cm³/mol. The smallest absolute Gasteiger partial charge is 0.326 e. The molecule has 1 aromatic heterocycles. The molecular weight excluding hydrogens is 244 g/mol. The average Bonchev–Trinajstić information content (AvgIpc) is 2.33. The minimum absolute atomic E-state index is 0.283. The molecule has 19 heavy (non-hydrogen) atoms. The lowest BCUT2D eigenvalue weighted by molar-refractivity contribution is -0.141. The Balaban J connectivity index is 2.86. The molecule has 0 spiro atoms. The minimum Gasteiger partial charge on any atom is -0.480 e. The van der Waals surface area contributed by atoms with Crippen molar-refractivity contribution < 1.29 is 9.90 Å². The van der Waals surface area contributed by atoms with Gasteiger partial charge in [0.1, 0.15) is 11.9 Å². The molecule has 1 N–H and O–H groups in total. The van der Waals surface area contributed by atoms with Crippen molar-refractivity contribution in [2.45, 2.75) is 33.2 Å². The highest BCUT2D eigenvalue weighted by Crippen LogP contribution is 2.17. The van der Waals surface area contributed by atoms with Gasteiger partial charge in [-0.1, -0.05) is 19.1 Å². The summed E-state index contributed by atoms with van der Waals surface area (Å²) in [7, 11) is 0. The van der Waals surface area contributed by atoms with E-state index < -0.39 is 12.0 Å². The number of aromatic nitrogens is 2. The average molecular weight is 260 g/mol. The number of aryl methyl sites for hydroxylation is 2. The number of aliphatic carboxylic acids is 1. The Morgan fingerprint density at radius 3 is 2.68 bits per heavy atom. The molecule has 100 valence electrons. The Hall–Kier alpha value is -2.17. The van der Waals surface area contributed by atoms with Crippen LogP contribution in [0.4, 0.5) is 0 Å². The summed E-state index contributed by atoms with van der Waals surface area (Å²) in [6, 6.07) is 4.56. The van der Waals surface area contributed by atoms with Crippen LogP contribution in [0.5, 0.6) is 0 Å². The van der Waals surface area contributed by atoms with Gasteiger partial charge in [0.05, 0.1) is 10.9 Å².